The Balaban J connectivity index is 2.10. The molecule has 1 N–H and O–H groups in total. The molecule has 0 aliphatic heterocycles. The fourth-order valence-corrected chi connectivity index (χ4v) is 1.85. The van der Waals surface area contributed by atoms with E-state index in [2.05, 4.69) is 38.2 Å². The minimum atomic E-state index is 0.174. The summed E-state index contributed by atoms with van der Waals surface area (Å²) in [5.74, 6) is 1.72. The van der Waals surface area contributed by atoms with Crippen molar-refractivity contribution in [2.75, 3.05) is 12.4 Å². The van der Waals surface area contributed by atoms with Crippen molar-refractivity contribution < 1.29 is 4.74 Å². The van der Waals surface area contributed by atoms with Gasteiger partial charge >= 0.3 is 0 Å². The predicted molar refractivity (Wildman–Crippen MR) is 81.2 cm³/mol. The van der Waals surface area contributed by atoms with Gasteiger partial charge in [-0.1, -0.05) is 32.9 Å². The molecular weight excluding hydrogens is 234 g/mol. The standard InChI is InChI=1S/C17H21NO/c1-17(2,3)13-5-9-15(10-6-13)19-16-11-7-14(18-4)8-12-16/h5-12,18H,1-4H3. The Morgan fingerprint density at radius 3 is 1.68 bits per heavy atom. The van der Waals surface area contributed by atoms with Crippen LogP contribution in [0.3, 0.4) is 0 Å². The Morgan fingerprint density at radius 2 is 1.26 bits per heavy atom. The third kappa shape index (κ3) is 3.50. The summed E-state index contributed by atoms with van der Waals surface area (Å²) in [6.45, 7) is 6.62. The number of benzene rings is 2. The molecule has 2 nitrogen and oxygen atoms in total. The fraction of sp³-hybridized carbons (Fsp3) is 0.294. The van der Waals surface area contributed by atoms with Crippen molar-refractivity contribution in [3.05, 3.63) is 54.1 Å². The summed E-state index contributed by atoms with van der Waals surface area (Å²) in [5.41, 5.74) is 2.56. The van der Waals surface area contributed by atoms with Crippen molar-refractivity contribution >= 4 is 5.69 Å². The first-order valence-corrected chi connectivity index (χ1v) is 6.55. The van der Waals surface area contributed by atoms with E-state index in [-0.39, 0.29) is 5.41 Å². The van der Waals surface area contributed by atoms with Crippen molar-refractivity contribution in [2.24, 2.45) is 0 Å². The zero-order valence-corrected chi connectivity index (χ0v) is 12.0. The van der Waals surface area contributed by atoms with Gasteiger partial charge in [-0.05, 0) is 47.4 Å². The fourth-order valence-electron chi connectivity index (χ4n) is 1.85. The van der Waals surface area contributed by atoms with Gasteiger partial charge in [0.15, 0.2) is 0 Å². The average molecular weight is 255 g/mol. The van der Waals surface area contributed by atoms with E-state index in [1.807, 2.05) is 43.4 Å². The predicted octanol–water partition coefficient (Wildman–Crippen LogP) is 4.82. The van der Waals surface area contributed by atoms with Crippen LogP contribution in [0, 0.1) is 0 Å². The lowest BCUT2D eigenvalue weighted by Crippen LogP contribution is -2.10. The Morgan fingerprint density at radius 1 is 0.789 bits per heavy atom. The van der Waals surface area contributed by atoms with Crippen LogP contribution in [0.2, 0.25) is 0 Å². The van der Waals surface area contributed by atoms with Crippen LogP contribution in [0.15, 0.2) is 48.5 Å². The summed E-state index contributed by atoms with van der Waals surface area (Å²) in [6, 6.07) is 16.2. The van der Waals surface area contributed by atoms with Crippen LogP contribution in [0.4, 0.5) is 5.69 Å². The molecule has 0 saturated carbocycles. The number of ether oxygens (including phenoxy) is 1. The van der Waals surface area contributed by atoms with Crippen LogP contribution in [0.25, 0.3) is 0 Å². The summed E-state index contributed by atoms with van der Waals surface area (Å²) in [4.78, 5) is 0. The number of anilines is 1. The van der Waals surface area contributed by atoms with Crippen molar-refractivity contribution in [1.82, 2.24) is 0 Å². The van der Waals surface area contributed by atoms with E-state index in [1.165, 1.54) is 5.56 Å². The average Bonchev–Trinajstić information content (AvgIpc) is 2.39. The lowest BCUT2D eigenvalue weighted by molar-refractivity contribution is 0.481. The molecule has 0 spiro atoms. The molecule has 0 atom stereocenters. The van der Waals surface area contributed by atoms with Gasteiger partial charge in [0.05, 0.1) is 0 Å². The summed E-state index contributed by atoms with van der Waals surface area (Å²) >= 11 is 0. The van der Waals surface area contributed by atoms with Crippen molar-refractivity contribution in [3.63, 3.8) is 0 Å². The summed E-state index contributed by atoms with van der Waals surface area (Å²) < 4.78 is 5.82. The molecule has 0 radical (unpaired) electrons. The van der Waals surface area contributed by atoms with Gasteiger partial charge in [-0.15, -0.1) is 0 Å². The highest BCUT2D eigenvalue weighted by Crippen LogP contribution is 2.27. The molecule has 0 aromatic heterocycles. The molecule has 2 aromatic rings. The molecule has 0 aliphatic carbocycles. The third-order valence-corrected chi connectivity index (χ3v) is 3.10. The first-order chi connectivity index (χ1) is 8.99. The minimum absolute atomic E-state index is 0.174. The van der Waals surface area contributed by atoms with Crippen LogP contribution in [-0.2, 0) is 5.41 Å². The number of nitrogens with one attached hydrogen (secondary N) is 1. The van der Waals surface area contributed by atoms with E-state index in [4.69, 9.17) is 4.74 Å². The second-order valence-electron chi connectivity index (χ2n) is 5.65. The van der Waals surface area contributed by atoms with Crippen LogP contribution in [0.1, 0.15) is 26.3 Å². The molecular formula is C17H21NO. The monoisotopic (exact) mass is 255 g/mol. The van der Waals surface area contributed by atoms with Crippen LogP contribution in [-0.4, -0.2) is 7.05 Å². The van der Waals surface area contributed by atoms with Crippen LogP contribution >= 0.6 is 0 Å². The van der Waals surface area contributed by atoms with E-state index in [0.717, 1.165) is 17.2 Å². The molecule has 19 heavy (non-hydrogen) atoms. The Hall–Kier alpha value is -1.96. The molecule has 0 fully saturated rings. The second-order valence-corrected chi connectivity index (χ2v) is 5.65. The molecule has 0 saturated heterocycles. The Kier molecular flexibility index (Phi) is 3.79. The smallest absolute Gasteiger partial charge is 0.127 e. The molecule has 0 bridgehead atoms. The maximum Gasteiger partial charge on any atom is 0.127 e. The maximum atomic E-state index is 5.82. The largest absolute Gasteiger partial charge is 0.457 e. The van der Waals surface area contributed by atoms with Crippen LogP contribution < -0.4 is 10.1 Å². The van der Waals surface area contributed by atoms with Crippen LogP contribution in [0.5, 0.6) is 11.5 Å². The normalized spacial score (nSPS) is 11.2. The molecule has 2 heteroatoms. The molecule has 100 valence electrons. The zero-order valence-electron chi connectivity index (χ0n) is 12.0. The molecule has 2 aromatic carbocycles. The number of hydrogen-bond donors (Lipinski definition) is 1. The van der Waals surface area contributed by atoms with E-state index >= 15 is 0 Å². The number of hydrogen-bond acceptors (Lipinski definition) is 2. The third-order valence-electron chi connectivity index (χ3n) is 3.10. The van der Waals surface area contributed by atoms with Gasteiger partial charge in [0, 0.05) is 12.7 Å². The van der Waals surface area contributed by atoms with Crippen molar-refractivity contribution in [3.8, 4) is 11.5 Å². The Bertz CT molecular complexity index is 521. The van der Waals surface area contributed by atoms with Crippen molar-refractivity contribution in [1.29, 1.82) is 0 Å². The quantitative estimate of drug-likeness (QED) is 0.849. The van der Waals surface area contributed by atoms with Gasteiger partial charge in [-0.3, -0.25) is 0 Å². The molecule has 0 aliphatic rings. The summed E-state index contributed by atoms with van der Waals surface area (Å²) in [5, 5.41) is 3.09. The molecule has 0 amide bonds. The highest BCUT2D eigenvalue weighted by atomic mass is 16.5. The summed E-state index contributed by atoms with van der Waals surface area (Å²) in [7, 11) is 1.90. The molecule has 0 heterocycles. The topological polar surface area (TPSA) is 21.3 Å². The van der Waals surface area contributed by atoms with E-state index in [0.29, 0.717) is 0 Å². The lowest BCUT2D eigenvalue weighted by atomic mass is 9.87. The van der Waals surface area contributed by atoms with E-state index in [9.17, 15) is 0 Å². The highest BCUT2D eigenvalue weighted by Gasteiger charge is 2.12. The maximum absolute atomic E-state index is 5.82. The van der Waals surface area contributed by atoms with Gasteiger partial charge in [0.2, 0.25) is 0 Å². The van der Waals surface area contributed by atoms with Crippen molar-refractivity contribution in [2.45, 2.75) is 26.2 Å². The summed E-state index contributed by atoms with van der Waals surface area (Å²) in [6.07, 6.45) is 0. The van der Waals surface area contributed by atoms with Gasteiger partial charge in [0.1, 0.15) is 11.5 Å². The Labute approximate surface area is 115 Å². The lowest BCUT2D eigenvalue weighted by Gasteiger charge is -2.19. The zero-order chi connectivity index (χ0) is 13.9. The van der Waals surface area contributed by atoms with Gasteiger partial charge in [-0.25, -0.2) is 0 Å². The molecule has 0 unspecified atom stereocenters. The minimum Gasteiger partial charge on any atom is -0.457 e. The van der Waals surface area contributed by atoms with E-state index < -0.39 is 0 Å². The number of rotatable bonds is 3. The highest BCUT2D eigenvalue weighted by molar-refractivity contribution is 5.46. The first kappa shape index (κ1) is 13.5. The first-order valence-electron chi connectivity index (χ1n) is 6.55. The van der Waals surface area contributed by atoms with Gasteiger partial charge in [0.25, 0.3) is 0 Å². The van der Waals surface area contributed by atoms with E-state index in [1.54, 1.807) is 0 Å². The SMILES string of the molecule is CNc1ccc(Oc2ccc(C(C)(C)C)cc2)cc1. The second kappa shape index (κ2) is 5.35. The van der Waals surface area contributed by atoms with Gasteiger partial charge in [-0.2, -0.15) is 0 Å². The van der Waals surface area contributed by atoms with Gasteiger partial charge < -0.3 is 10.1 Å². The molecule has 2 rings (SSSR count).